The molecule has 2 rings (SSSR count). The summed E-state index contributed by atoms with van der Waals surface area (Å²) in [4.78, 5) is 17.1. The predicted molar refractivity (Wildman–Crippen MR) is 82.4 cm³/mol. The first-order chi connectivity index (χ1) is 11.1. The van der Waals surface area contributed by atoms with Gasteiger partial charge < -0.3 is 23.5 Å². The molecule has 0 aliphatic rings. The zero-order valence-electron chi connectivity index (χ0n) is 13.3. The Kier molecular flexibility index (Phi) is 5.24. The van der Waals surface area contributed by atoms with Gasteiger partial charge in [0.1, 0.15) is 5.71 Å². The molecule has 1 aromatic carbocycles. The van der Waals surface area contributed by atoms with Crippen molar-refractivity contribution in [2.75, 3.05) is 21.3 Å². The fraction of sp³-hybridized carbons (Fsp3) is 0.250. The maximum atomic E-state index is 12.1. The molecule has 23 heavy (non-hydrogen) atoms. The third-order valence-corrected chi connectivity index (χ3v) is 3.04. The van der Waals surface area contributed by atoms with Crippen molar-refractivity contribution in [3.05, 3.63) is 41.9 Å². The summed E-state index contributed by atoms with van der Waals surface area (Å²) < 4.78 is 20.7. The van der Waals surface area contributed by atoms with Gasteiger partial charge in [-0.3, -0.25) is 0 Å². The Morgan fingerprint density at radius 1 is 1.09 bits per heavy atom. The van der Waals surface area contributed by atoms with E-state index in [2.05, 4.69) is 5.16 Å². The summed E-state index contributed by atoms with van der Waals surface area (Å²) in [6, 6.07) is 6.41. The third kappa shape index (κ3) is 3.63. The number of hydrogen-bond acceptors (Lipinski definition) is 7. The van der Waals surface area contributed by atoms with E-state index in [4.69, 9.17) is 23.5 Å². The molecular weight excluding hydrogens is 302 g/mol. The molecule has 7 heteroatoms. The SMILES string of the molecule is COc1cc(C(=O)ON=C(C)c2ccco2)cc(OC)c1OC. The minimum absolute atomic E-state index is 0.218. The fourth-order valence-corrected chi connectivity index (χ4v) is 1.89. The summed E-state index contributed by atoms with van der Waals surface area (Å²) in [7, 11) is 4.41. The van der Waals surface area contributed by atoms with E-state index in [9.17, 15) is 4.79 Å². The van der Waals surface area contributed by atoms with Crippen molar-refractivity contribution in [3.63, 3.8) is 0 Å². The second-order valence-electron chi connectivity index (χ2n) is 4.45. The molecule has 122 valence electrons. The Morgan fingerprint density at radius 2 is 1.74 bits per heavy atom. The molecule has 7 nitrogen and oxygen atoms in total. The van der Waals surface area contributed by atoms with Crippen molar-refractivity contribution in [2.45, 2.75) is 6.92 Å². The Labute approximate surface area is 133 Å². The molecule has 0 N–H and O–H groups in total. The minimum atomic E-state index is -0.657. The Morgan fingerprint density at radius 3 is 2.22 bits per heavy atom. The summed E-state index contributed by atoms with van der Waals surface area (Å²) in [5.41, 5.74) is 0.659. The van der Waals surface area contributed by atoms with E-state index in [1.807, 2.05) is 0 Å². The molecule has 1 heterocycles. The van der Waals surface area contributed by atoms with Crippen LogP contribution in [0.2, 0.25) is 0 Å². The number of rotatable bonds is 6. The summed E-state index contributed by atoms with van der Waals surface area (Å²) >= 11 is 0. The lowest BCUT2D eigenvalue weighted by atomic mass is 10.2. The van der Waals surface area contributed by atoms with Gasteiger partial charge in [-0.05, 0) is 31.2 Å². The van der Waals surface area contributed by atoms with Gasteiger partial charge in [0.15, 0.2) is 17.3 Å². The molecule has 0 atom stereocenters. The summed E-state index contributed by atoms with van der Waals surface area (Å²) in [6.07, 6.45) is 1.51. The van der Waals surface area contributed by atoms with Crippen LogP contribution < -0.4 is 14.2 Å². The van der Waals surface area contributed by atoms with E-state index in [0.29, 0.717) is 28.7 Å². The number of nitrogens with zero attached hydrogens (tertiary/aromatic N) is 1. The molecule has 0 saturated carbocycles. The van der Waals surface area contributed by atoms with E-state index < -0.39 is 5.97 Å². The van der Waals surface area contributed by atoms with E-state index >= 15 is 0 Å². The van der Waals surface area contributed by atoms with Crippen molar-refractivity contribution in [2.24, 2.45) is 5.16 Å². The highest BCUT2D eigenvalue weighted by Crippen LogP contribution is 2.38. The van der Waals surface area contributed by atoms with Crippen LogP contribution in [0.15, 0.2) is 40.1 Å². The third-order valence-electron chi connectivity index (χ3n) is 3.04. The average Bonchev–Trinajstić information content (AvgIpc) is 3.12. The second-order valence-corrected chi connectivity index (χ2v) is 4.45. The number of oxime groups is 1. The van der Waals surface area contributed by atoms with Crippen molar-refractivity contribution in [3.8, 4) is 17.2 Å². The van der Waals surface area contributed by atoms with E-state index in [-0.39, 0.29) is 5.56 Å². The molecule has 0 unspecified atom stereocenters. The maximum Gasteiger partial charge on any atom is 0.366 e. The molecule has 0 amide bonds. The highest BCUT2D eigenvalue weighted by atomic mass is 16.7. The highest BCUT2D eigenvalue weighted by molar-refractivity contribution is 5.97. The van der Waals surface area contributed by atoms with Crippen LogP contribution >= 0.6 is 0 Å². The zero-order chi connectivity index (χ0) is 16.8. The number of ether oxygens (including phenoxy) is 3. The van der Waals surface area contributed by atoms with E-state index in [0.717, 1.165) is 0 Å². The van der Waals surface area contributed by atoms with Gasteiger partial charge in [0, 0.05) is 0 Å². The molecule has 0 saturated heterocycles. The number of carbonyl (C=O) groups is 1. The molecule has 0 bridgehead atoms. The quantitative estimate of drug-likeness (QED) is 0.463. The maximum absolute atomic E-state index is 12.1. The van der Waals surface area contributed by atoms with Crippen molar-refractivity contribution < 1.29 is 28.3 Å². The lowest BCUT2D eigenvalue weighted by molar-refractivity contribution is 0.0515. The Bertz CT molecular complexity index is 680. The molecule has 0 fully saturated rings. The molecular formula is C16H17NO6. The minimum Gasteiger partial charge on any atom is -0.493 e. The predicted octanol–water partition coefficient (Wildman–Crippen LogP) is 2.89. The van der Waals surface area contributed by atoms with Gasteiger partial charge in [0.05, 0.1) is 33.2 Å². The van der Waals surface area contributed by atoms with Crippen LogP contribution in [-0.4, -0.2) is 33.0 Å². The zero-order valence-corrected chi connectivity index (χ0v) is 13.3. The van der Waals surface area contributed by atoms with Gasteiger partial charge >= 0.3 is 5.97 Å². The van der Waals surface area contributed by atoms with Gasteiger partial charge in [-0.15, -0.1) is 0 Å². The van der Waals surface area contributed by atoms with Crippen LogP contribution in [-0.2, 0) is 4.84 Å². The first kappa shape index (κ1) is 16.4. The fourth-order valence-electron chi connectivity index (χ4n) is 1.89. The molecule has 0 aliphatic carbocycles. The number of benzene rings is 1. The largest absolute Gasteiger partial charge is 0.493 e. The van der Waals surface area contributed by atoms with Gasteiger partial charge in [-0.2, -0.15) is 0 Å². The average molecular weight is 319 g/mol. The van der Waals surface area contributed by atoms with Gasteiger partial charge in [0.25, 0.3) is 0 Å². The first-order valence-corrected chi connectivity index (χ1v) is 6.70. The van der Waals surface area contributed by atoms with Crippen molar-refractivity contribution in [1.82, 2.24) is 0 Å². The number of carbonyl (C=O) groups excluding carboxylic acids is 1. The van der Waals surface area contributed by atoms with Crippen LogP contribution in [0.4, 0.5) is 0 Å². The van der Waals surface area contributed by atoms with Crippen LogP contribution in [0, 0.1) is 0 Å². The Hall–Kier alpha value is -2.96. The van der Waals surface area contributed by atoms with Gasteiger partial charge in [-0.25, -0.2) is 4.79 Å². The topological polar surface area (TPSA) is 79.5 Å². The molecule has 0 radical (unpaired) electrons. The Balaban J connectivity index is 2.24. The summed E-state index contributed by atoms with van der Waals surface area (Å²) in [6.45, 7) is 1.67. The van der Waals surface area contributed by atoms with Crippen LogP contribution in [0.1, 0.15) is 23.0 Å². The number of hydrogen-bond donors (Lipinski definition) is 0. The summed E-state index contributed by atoms with van der Waals surface area (Å²) in [5.74, 6) is 0.954. The normalized spacial score (nSPS) is 11.0. The lowest BCUT2D eigenvalue weighted by Gasteiger charge is -2.13. The van der Waals surface area contributed by atoms with E-state index in [1.54, 1.807) is 19.1 Å². The van der Waals surface area contributed by atoms with Crippen LogP contribution in [0.5, 0.6) is 17.2 Å². The van der Waals surface area contributed by atoms with Crippen LogP contribution in [0.25, 0.3) is 0 Å². The molecule has 2 aromatic rings. The van der Waals surface area contributed by atoms with Crippen LogP contribution in [0.3, 0.4) is 0 Å². The monoisotopic (exact) mass is 319 g/mol. The number of methoxy groups -OCH3 is 3. The molecule has 1 aromatic heterocycles. The lowest BCUT2D eigenvalue weighted by Crippen LogP contribution is -2.05. The first-order valence-electron chi connectivity index (χ1n) is 6.70. The molecule has 0 spiro atoms. The van der Waals surface area contributed by atoms with Gasteiger partial charge in [0.2, 0.25) is 5.75 Å². The summed E-state index contributed by atoms with van der Waals surface area (Å²) in [5, 5.41) is 3.76. The van der Waals surface area contributed by atoms with Crippen molar-refractivity contribution >= 4 is 11.7 Å². The molecule has 0 aliphatic heterocycles. The smallest absolute Gasteiger partial charge is 0.366 e. The number of furan rings is 1. The highest BCUT2D eigenvalue weighted by Gasteiger charge is 2.18. The van der Waals surface area contributed by atoms with Crippen molar-refractivity contribution in [1.29, 1.82) is 0 Å². The standard InChI is InChI=1S/C16H17NO6/c1-10(12-6-5-7-22-12)17-23-16(18)11-8-13(19-2)15(21-4)14(9-11)20-3/h5-9H,1-4H3. The van der Waals surface area contributed by atoms with Gasteiger partial charge in [-0.1, -0.05) is 5.16 Å². The second kappa shape index (κ2) is 7.35. The van der Waals surface area contributed by atoms with E-state index in [1.165, 1.54) is 39.7 Å².